The first-order chi connectivity index (χ1) is 6.18. The number of rotatable bonds is 1. The smallest absolute Gasteiger partial charge is 0.255 e. The summed E-state index contributed by atoms with van der Waals surface area (Å²) in [7, 11) is 3.75. The van der Waals surface area contributed by atoms with E-state index in [1.807, 2.05) is 19.0 Å². The molecule has 0 aliphatic heterocycles. The highest BCUT2D eigenvalue weighted by Crippen LogP contribution is 2.17. The molecule has 13 heavy (non-hydrogen) atoms. The molecule has 2 rings (SSSR count). The van der Waals surface area contributed by atoms with E-state index in [1.54, 1.807) is 0 Å². The first kappa shape index (κ1) is 8.29. The lowest BCUT2D eigenvalue weighted by Gasteiger charge is -2.11. The van der Waals surface area contributed by atoms with Crippen molar-refractivity contribution < 1.29 is 0 Å². The van der Waals surface area contributed by atoms with Crippen molar-refractivity contribution in [1.82, 2.24) is 9.97 Å². The van der Waals surface area contributed by atoms with Crippen molar-refractivity contribution in [2.24, 2.45) is 0 Å². The third-order valence-electron chi connectivity index (χ3n) is 2.35. The Morgan fingerprint density at radius 3 is 2.85 bits per heavy atom. The second kappa shape index (κ2) is 2.87. The number of anilines is 1. The van der Waals surface area contributed by atoms with Crippen molar-refractivity contribution in [3.63, 3.8) is 0 Å². The SMILES string of the molecule is CN(C)c1nc2c(c(=O)[nH]1)CCC2. The molecule has 0 saturated carbocycles. The van der Waals surface area contributed by atoms with Gasteiger partial charge in [0.1, 0.15) is 0 Å². The fraction of sp³-hybridized carbons (Fsp3) is 0.556. The summed E-state index contributed by atoms with van der Waals surface area (Å²) < 4.78 is 0. The molecular formula is C9H13N3O. The zero-order valence-electron chi connectivity index (χ0n) is 7.92. The van der Waals surface area contributed by atoms with Crippen LogP contribution in [0.25, 0.3) is 0 Å². The van der Waals surface area contributed by atoms with Gasteiger partial charge in [0.2, 0.25) is 5.95 Å². The molecule has 4 heteroatoms. The summed E-state index contributed by atoms with van der Waals surface area (Å²) in [5.41, 5.74) is 1.89. The van der Waals surface area contributed by atoms with Crippen LogP contribution in [0.4, 0.5) is 5.95 Å². The minimum Gasteiger partial charge on any atom is -0.348 e. The van der Waals surface area contributed by atoms with Crippen molar-refractivity contribution >= 4 is 5.95 Å². The average Bonchev–Trinajstić information content (AvgIpc) is 2.51. The number of nitrogens with one attached hydrogen (secondary N) is 1. The van der Waals surface area contributed by atoms with Gasteiger partial charge in [-0.2, -0.15) is 0 Å². The highest BCUT2D eigenvalue weighted by Gasteiger charge is 2.17. The Balaban J connectivity index is 2.56. The number of hydrogen-bond acceptors (Lipinski definition) is 3. The van der Waals surface area contributed by atoms with E-state index in [0.29, 0.717) is 5.95 Å². The number of H-pyrrole nitrogens is 1. The number of aryl methyl sites for hydroxylation is 1. The minimum absolute atomic E-state index is 0.0335. The number of fused-ring (bicyclic) bond motifs is 1. The summed E-state index contributed by atoms with van der Waals surface area (Å²) in [6, 6.07) is 0. The van der Waals surface area contributed by atoms with Gasteiger partial charge in [-0.1, -0.05) is 0 Å². The third-order valence-corrected chi connectivity index (χ3v) is 2.35. The lowest BCUT2D eigenvalue weighted by Crippen LogP contribution is -2.21. The van der Waals surface area contributed by atoms with Crippen molar-refractivity contribution in [2.45, 2.75) is 19.3 Å². The lowest BCUT2D eigenvalue weighted by atomic mass is 10.3. The van der Waals surface area contributed by atoms with Gasteiger partial charge < -0.3 is 4.90 Å². The molecule has 0 bridgehead atoms. The zero-order valence-corrected chi connectivity index (χ0v) is 7.92. The number of hydrogen-bond donors (Lipinski definition) is 1. The van der Waals surface area contributed by atoms with Gasteiger partial charge in [-0.15, -0.1) is 0 Å². The molecule has 0 saturated heterocycles. The molecule has 0 fully saturated rings. The molecule has 0 radical (unpaired) electrons. The highest BCUT2D eigenvalue weighted by atomic mass is 16.1. The summed E-state index contributed by atoms with van der Waals surface area (Å²) >= 11 is 0. The van der Waals surface area contributed by atoms with Crippen LogP contribution in [0.1, 0.15) is 17.7 Å². The van der Waals surface area contributed by atoms with E-state index in [9.17, 15) is 4.79 Å². The quantitative estimate of drug-likeness (QED) is 0.675. The Morgan fingerprint density at radius 1 is 1.38 bits per heavy atom. The summed E-state index contributed by atoms with van der Waals surface area (Å²) in [6.45, 7) is 0. The molecule has 0 spiro atoms. The monoisotopic (exact) mass is 179 g/mol. The van der Waals surface area contributed by atoms with Gasteiger partial charge >= 0.3 is 0 Å². The lowest BCUT2D eigenvalue weighted by molar-refractivity contribution is 0.895. The minimum atomic E-state index is 0.0335. The molecule has 1 aliphatic carbocycles. The normalized spacial score (nSPS) is 14.3. The summed E-state index contributed by atoms with van der Waals surface area (Å²) in [5, 5.41) is 0. The van der Waals surface area contributed by atoms with Crippen LogP contribution in [0.2, 0.25) is 0 Å². The second-order valence-corrected chi connectivity index (χ2v) is 3.56. The molecule has 0 unspecified atom stereocenters. The van der Waals surface area contributed by atoms with Crippen molar-refractivity contribution in [3.8, 4) is 0 Å². The number of aromatic nitrogens is 2. The number of aromatic amines is 1. The van der Waals surface area contributed by atoms with E-state index in [0.717, 1.165) is 30.5 Å². The average molecular weight is 179 g/mol. The fourth-order valence-corrected chi connectivity index (χ4v) is 1.64. The molecule has 0 amide bonds. The third kappa shape index (κ3) is 1.32. The van der Waals surface area contributed by atoms with Crippen LogP contribution in [0.3, 0.4) is 0 Å². The molecule has 0 aromatic carbocycles. The summed E-state index contributed by atoms with van der Waals surface area (Å²) in [4.78, 5) is 20.5. The second-order valence-electron chi connectivity index (χ2n) is 3.56. The van der Waals surface area contributed by atoms with Gasteiger partial charge in [-0.05, 0) is 19.3 Å². The molecule has 1 heterocycles. The van der Waals surface area contributed by atoms with E-state index in [-0.39, 0.29) is 5.56 Å². The van der Waals surface area contributed by atoms with Gasteiger partial charge in [0.05, 0.1) is 5.69 Å². The van der Waals surface area contributed by atoms with Crippen LogP contribution in [0.5, 0.6) is 0 Å². The molecule has 1 aromatic heterocycles. The van der Waals surface area contributed by atoms with E-state index < -0.39 is 0 Å². The molecule has 4 nitrogen and oxygen atoms in total. The van der Waals surface area contributed by atoms with Crippen molar-refractivity contribution in [2.75, 3.05) is 19.0 Å². The standard InChI is InChI=1S/C9H13N3O/c1-12(2)9-10-7-5-3-4-6(7)8(13)11-9/h3-5H2,1-2H3,(H,10,11,13). The molecular weight excluding hydrogens is 166 g/mol. The van der Waals surface area contributed by atoms with Crippen LogP contribution >= 0.6 is 0 Å². The Labute approximate surface area is 76.6 Å². The van der Waals surface area contributed by atoms with Gasteiger partial charge in [0.15, 0.2) is 0 Å². The summed E-state index contributed by atoms with van der Waals surface area (Å²) in [5.74, 6) is 0.658. The molecule has 70 valence electrons. The van der Waals surface area contributed by atoms with E-state index in [2.05, 4.69) is 9.97 Å². The van der Waals surface area contributed by atoms with Crippen LogP contribution in [0, 0.1) is 0 Å². The Morgan fingerprint density at radius 2 is 2.15 bits per heavy atom. The molecule has 1 aromatic rings. The largest absolute Gasteiger partial charge is 0.348 e. The van der Waals surface area contributed by atoms with Gasteiger partial charge in [0.25, 0.3) is 5.56 Å². The summed E-state index contributed by atoms with van der Waals surface area (Å²) in [6.07, 6.45) is 2.88. The topological polar surface area (TPSA) is 49.0 Å². The van der Waals surface area contributed by atoms with Gasteiger partial charge in [0, 0.05) is 19.7 Å². The van der Waals surface area contributed by atoms with E-state index >= 15 is 0 Å². The van der Waals surface area contributed by atoms with E-state index in [1.165, 1.54) is 0 Å². The Bertz CT molecular complexity index is 381. The number of nitrogens with zero attached hydrogens (tertiary/aromatic N) is 2. The van der Waals surface area contributed by atoms with Gasteiger partial charge in [-0.25, -0.2) is 4.98 Å². The van der Waals surface area contributed by atoms with Crippen LogP contribution < -0.4 is 10.5 Å². The predicted octanol–water partition coefficient (Wildman–Crippen LogP) is 0.325. The molecule has 0 atom stereocenters. The maximum absolute atomic E-state index is 11.5. The Kier molecular flexibility index (Phi) is 1.83. The van der Waals surface area contributed by atoms with Crippen molar-refractivity contribution in [1.29, 1.82) is 0 Å². The maximum atomic E-state index is 11.5. The predicted molar refractivity (Wildman–Crippen MR) is 51.2 cm³/mol. The molecule has 1 N–H and O–H groups in total. The zero-order chi connectivity index (χ0) is 9.42. The Hall–Kier alpha value is -1.32. The van der Waals surface area contributed by atoms with Crippen LogP contribution in [0.15, 0.2) is 4.79 Å². The van der Waals surface area contributed by atoms with Crippen LogP contribution in [-0.2, 0) is 12.8 Å². The fourth-order valence-electron chi connectivity index (χ4n) is 1.64. The molecule has 1 aliphatic rings. The first-order valence-corrected chi connectivity index (χ1v) is 4.48. The van der Waals surface area contributed by atoms with E-state index in [4.69, 9.17) is 0 Å². The maximum Gasteiger partial charge on any atom is 0.255 e. The highest BCUT2D eigenvalue weighted by molar-refractivity contribution is 5.33. The van der Waals surface area contributed by atoms with Crippen molar-refractivity contribution in [3.05, 3.63) is 21.6 Å². The first-order valence-electron chi connectivity index (χ1n) is 4.48. The van der Waals surface area contributed by atoms with Gasteiger partial charge in [-0.3, -0.25) is 9.78 Å². The van der Waals surface area contributed by atoms with Crippen LogP contribution in [-0.4, -0.2) is 24.1 Å².